The molecule has 10 heteroatoms. The molecule has 1 fully saturated rings. The van der Waals surface area contributed by atoms with Crippen LogP contribution in [-0.2, 0) is 9.59 Å². The van der Waals surface area contributed by atoms with Crippen molar-refractivity contribution in [1.29, 1.82) is 0 Å². The predicted molar refractivity (Wildman–Crippen MR) is 137 cm³/mol. The highest BCUT2D eigenvalue weighted by Crippen LogP contribution is 2.41. The molecule has 8 nitrogen and oxygen atoms in total. The lowest BCUT2D eigenvalue weighted by Gasteiger charge is -2.26. The molecule has 0 unspecified atom stereocenters. The molecule has 0 radical (unpaired) electrons. The number of halogens is 2. The van der Waals surface area contributed by atoms with Gasteiger partial charge in [0.25, 0.3) is 0 Å². The molecule has 0 spiro atoms. The van der Waals surface area contributed by atoms with E-state index in [1.807, 2.05) is 0 Å². The average molecular weight is 508 g/mol. The van der Waals surface area contributed by atoms with E-state index in [1.54, 1.807) is 48.2 Å². The summed E-state index contributed by atoms with van der Waals surface area (Å²) in [7, 11) is 3.47. The third kappa shape index (κ3) is 5.25. The zero-order valence-electron chi connectivity index (χ0n) is 19.6. The summed E-state index contributed by atoms with van der Waals surface area (Å²) < 4.78 is 14.7. The Labute approximate surface area is 212 Å². The normalized spacial score (nSPS) is 13.1. The number of piperazine rings is 1. The molecule has 1 saturated heterocycles. The summed E-state index contributed by atoms with van der Waals surface area (Å²) in [6, 6.07) is 15.8. The number of phenolic OH excluding ortho intramolecular Hbond substituents is 1. The van der Waals surface area contributed by atoms with Crippen LogP contribution in [0.1, 0.15) is 0 Å². The number of aromatic hydroxyl groups is 1. The van der Waals surface area contributed by atoms with Crippen LogP contribution in [-0.4, -0.2) is 61.0 Å². The van der Waals surface area contributed by atoms with Gasteiger partial charge in [0, 0.05) is 56.6 Å². The number of nitrogens with one attached hydrogen (secondary N) is 1. The number of aromatic nitrogens is 1. The molecule has 4 rings (SSSR count). The summed E-state index contributed by atoms with van der Waals surface area (Å²) >= 11 is 6.43. The minimum absolute atomic E-state index is 0.121. The Morgan fingerprint density at radius 2 is 1.86 bits per heavy atom. The molecule has 0 atom stereocenters. The maximum Gasteiger partial charge on any atom is 0.242 e. The van der Waals surface area contributed by atoms with Crippen LogP contribution in [0.15, 0.2) is 48.7 Å². The number of phenols is 1. The van der Waals surface area contributed by atoms with Crippen molar-refractivity contribution in [3.63, 3.8) is 0 Å². The number of nitrogens with zero attached hydrogens (tertiary/aromatic N) is 4. The van der Waals surface area contributed by atoms with Crippen LogP contribution in [0.4, 0.5) is 15.9 Å². The summed E-state index contributed by atoms with van der Waals surface area (Å²) in [6.07, 6.45) is 2.05. The first-order valence-corrected chi connectivity index (χ1v) is 11.4. The van der Waals surface area contributed by atoms with Crippen molar-refractivity contribution in [2.75, 3.05) is 43.5 Å². The van der Waals surface area contributed by atoms with Crippen molar-refractivity contribution in [2.24, 2.45) is 0 Å². The molecule has 0 bridgehead atoms. The number of hydrogen-bond acceptors (Lipinski definition) is 6. The number of carbonyl (C=O) groups is 2. The van der Waals surface area contributed by atoms with E-state index < -0.39 is 5.82 Å². The van der Waals surface area contributed by atoms with E-state index in [9.17, 15) is 19.1 Å². The highest BCUT2D eigenvalue weighted by atomic mass is 35.5. The molecule has 184 valence electrons. The first-order valence-electron chi connectivity index (χ1n) is 11.0. The molecule has 1 aliphatic heterocycles. The predicted octanol–water partition coefficient (Wildman–Crippen LogP) is 3.29. The number of amides is 2. The Kier molecular flexibility index (Phi) is 7.38. The quantitative estimate of drug-likeness (QED) is 0.313. The molecule has 0 aliphatic carbocycles. The van der Waals surface area contributed by atoms with Crippen LogP contribution in [0, 0.1) is 17.9 Å². The second-order valence-electron chi connectivity index (χ2n) is 8.23. The molecule has 1 aromatic heterocycles. The third-order valence-corrected chi connectivity index (χ3v) is 5.82. The smallest absolute Gasteiger partial charge is 0.242 e. The highest BCUT2D eigenvalue weighted by Gasteiger charge is 2.22. The minimum atomic E-state index is -0.569. The molecule has 36 heavy (non-hydrogen) atoms. The molecule has 2 amide bonds. The van der Waals surface area contributed by atoms with Gasteiger partial charge in [0.2, 0.25) is 12.3 Å². The van der Waals surface area contributed by atoms with Gasteiger partial charge >= 0.3 is 0 Å². The van der Waals surface area contributed by atoms with Gasteiger partial charge in [0.1, 0.15) is 17.4 Å². The summed E-state index contributed by atoms with van der Waals surface area (Å²) in [5.41, 5.74) is 1.74. The van der Waals surface area contributed by atoms with E-state index in [2.05, 4.69) is 22.4 Å². The molecule has 2 heterocycles. The topological polar surface area (TPSA) is 89.0 Å². The first kappa shape index (κ1) is 25.0. The molecule has 0 saturated carbocycles. The van der Waals surface area contributed by atoms with Gasteiger partial charge in [-0.1, -0.05) is 17.7 Å². The van der Waals surface area contributed by atoms with E-state index in [0.29, 0.717) is 42.1 Å². The van der Waals surface area contributed by atoms with E-state index in [-0.39, 0.29) is 34.4 Å². The lowest BCUT2D eigenvalue weighted by Crippen LogP contribution is -2.48. The first-order chi connectivity index (χ1) is 17.3. The van der Waals surface area contributed by atoms with Gasteiger partial charge in [-0.25, -0.2) is 14.3 Å². The fourth-order valence-corrected chi connectivity index (χ4v) is 4.06. The van der Waals surface area contributed by atoms with E-state index in [0.717, 1.165) is 4.90 Å². The summed E-state index contributed by atoms with van der Waals surface area (Å²) in [6.45, 7) is 1.30. The monoisotopic (exact) mass is 507 g/mol. The number of carbonyl (C=O) groups excluding carboxylic acids is 2. The highest BCUT2D eigenvalue weighted by molar-refractivity contribution is 6.34. The largest absolute Gasteiger partial charge is 0.507 e. The Bertz CT molecular complexity index is 1390. The van der Waals surface area contributed by atoms with Crippen LogP contribution in [0.3, 0.4) is 0 Å². The Morgan fingerprint density at radius 1 is 1.14 bits per heavy atom. The Hall–Kier alpha value is -4.13. The van der Waals surface area contributed by atoms with Gasteiger partial charge in [-0.3, -0.25) is 14.5 Å². The van der Waals surface area contributed by atoms with Gasteiger partial charge < -0.3 is 15.3 Å². The number of hydrogen-bond donors (Lipinski definition) is 2. The van der Waals surface area contributed by atoms with Gasteiger partial charge in [-0.2, -0.15) is 0 Å². The molecular formula is C26H23ClFN5O3. The zero-order chi connectivity index (χ0) is 25.8. The SMILES string of the molecule is CN(C)C#CN(C=O)c1ccc(-c2cc(F)cc(-c3ccnc(N4CCNCC4=O)c3)c2O)cc1Cl. The third-order valence-electron chi connectivity index (χ3n) is 5.51. The molecule has 2 aromatic carbocycles. The second-order valence-corrected chi connectivity index (χ2v) is 8.64. The van der Waals surface area contributed by atoms with Gasteiger partial charge in [-0.15, -0.1) is 0 Å². The van der Waals surface area contributed by atoms with E-state index in [4.69, 9.17) is 11.6 Å². The summed E-state index contributed by atoms with van der Waals surface area (Å²) in [4.78, 5) is 32.3. The van der Waals surface area contributed by atoms with Crippen molar-refractivity contribution < 1.29 is 19.1 Å². The fraction of sp³-hybridized carbons (Fsp3) is 0.192. The lowest BCUT2D eigenvalue weighted by atomic mass is 9.97. The van der Waals surface area contributed by atoms with Crippen molar-refractivity contribution >= 4 is 35.4 Å². The lowest BCUT2D eigenvalue weighted by molar-refractivity contribution is -0.118. The fourth-order valence-electron chi connectivity index (χ4n) is 3.79. The summed E-state index contributed by atoms with van der Waals surface area (Å²) in [5, 5.41) is 14.3. The maximum atomic E-state index is 14.7. The number of benzene rings is 2. The zero-order valence-corrected chi connectivity index (χ0v) is 20.4. The van der Waals surface area contributed by atoms with Crippen molar-refractivity contribution in [3.8, 4) is 40.1 Å². The van der Waals surface area contributed by atoms with Crippen molar-refractivity contribution in [2.45, 2.75) is 0 Å². The van der Waals surface area contributed by atoms with Gasteiger partial charge in [0.15, 0.2) is 0 Å². The summed E-state index contributed by atoms with van der Waals surface area (Å²) in [5.74, 6) is -0.432. The maximum absolute atomic E-state index is 14.7. The average Bonchev–Trinajstić information content (AvgIpc) is 2.86. The minimum Gasteiger partial charge on any atom is -0.507 e. The Balaban J connectivity index is 1.73. The van der Waals surface area contributed by atoms with Crippen molar-refractivity contribution in [3.05, 3.63) is 59.5 Å². The number of pyridine rings is 1. The van der Waals surface area contributed by atoms with Crippen molar-refractivity contribution in [1.82, 2.24) is 15.2 Å². The van der Waals surface area contributed by atoms with E-state index >= 15 is 0 Å². The molecule has 2 N–H and O–H groups in total. The van der Waals surface area contributed by atoms with Crippen LogP contribution in [0.5, 0.6) is 5.75 Å². The molecule has 1 aliphatic rings. The standard InChI is InChI=1S/C26H23ClFN5O3/c1-31(2)9-10-32(16-34)23-4-3-17(11-22(23)27)20-13-19(28)14-21(26(20)36)18-5-6-30-24(12-18)33-8-7-29-15-25(33)35/h3-6,11-14,16,29,36H,7-8,15H2,1-2H3. The number of anilines is 2. The van der Waals surface area contributed by atoms with Crippen LogP contribution < -0.4 is 15.1 Å². The van der Waals surface area contributed by atoms with E-state index in [1.165, 1.54) is 24.4 Å². The molecule has 3 aromatic rings. The van der Waals surface area contributed by atoms with Gasteiger partial charge in [0.05, 0.1) is 17.3 Å². The van der Waals surface area contributed by atoms with Crippen LogP contribution in [0.25, 0.3) is 22.3 Å². The molecular weight excluding hydrogens is 485 g/mol. The van der Waals surface area contributed by atoms with Gasteiger partial charge in [-0.05, 0) is 47.5 Å². The number of rotatable bonds is 5. The van der Waals surface area contributed by atoms with Crippen LogP contribution in [0.2, 0.25) is 5.02 Å². The Morgan fingerprint density at radius 3 is 2.50 bits per heavy atom. The van der Waals surface area contributed by atoms with Crippen LogP contribution >= 0.6 is 11.6 Å². The second kappa shape index (κ2) is 10.6.